The van der Waals surface area contributed by atoms with E-state index in [2.05, 4.69) is 20.8 Å². The Hall–Kier alpha value is -2.90. The first-order chi connectivity index (χ1) is 10.4. The standard InChI is InChI=1S/C14H11F3N4O/c15-14(16,17)11-5-2-10(3-6-11)4-7-12(22)20-21-13-18-8-1-9-19-13/h1-9H,(H,20,22)(H,18,19,21). The molecule has 2 aromatic rings. The molecule has 0 fully saturated rings. The van der Waals surface area contributed by atoms with Crippen LogP contribution in [0.4, 0.5) is 19.1 Å². The molecule has 0 spiro atoms. The molecule has 0 radical (unpaired) electrons. The largest absolute Gasteiger partial charge is 0.416 e. The van der Waals surface area contributed by atoms with Crippen LogP contribution in [0.1, 0.15) is 11.1 Å². The van der Waals surface area contributed by atoms with Crippen molar-refractivity contribution in [3.05, 3.63) is 59.9 Å². The summed E-state index contributed by atoms with van der Waals surface area (Å²) in [6, 6.07) is 6.08. The van der Waals surface area contributed by atoms with Gasteiger partial charge in [-0.2, -0.15) is 13.2 Å². The molecule has 0 saturated carbocycles. The van der Waals surface area contributed by atoms with Crippen LogP contribution in [0.2, 0.25) is 0 Å². The number of anilines is 1. The van der Waals surface area contributed by atoms with E-state index in [4.69, 9.17) is 0 Å². The van der Waals surface area contributed by atoms with Crippen molar-refractivity contribution < 1.29 is 18.0 Å². The molecule has 0 aliphatic heterocycles. The maximum absolute atomic E-state index is 12.4. The Labute approximate surface area is 123 Å². The van der Waals surface area contributed by atoms with Crippen molar-refractivity contribution in [1.82, 2.24) is 15.4 Å². The molecule has 0 saturated heterocycles. The number of alkyl halides is 3. The average Bonchev–Trinajstić information content (AvgIpc) is 2.51. The summed E-state index contributed by atoms with van der Waals surface area (Å²) in [4.78, 5) is 19.2. The zero-order chi connectivity index (χ0) is 16.0. The van der Waals surface area contributed by atoms with Crippen LogP contribution < -0.4 is 10.9 Å². The fraction of sp³-hybridized carbons (Fsp3) is 0.0714. The summed E-state index contributed by atoms with van der Waals surface area (Å²) in [5.74, 6) is -0.272. The Bertz CT molecular complexity index is 654. The van der Waals surface area contributed by atoms with Crippen LogP contribution in [-0.2, 0) is 11.0 Å². The lowest BCUT2D eigenvalue weighted by atomic mass is 10.1. The molecular formula is C14H11F3N4O. The highest BCUT2D eigenvalue weighted by Gasteiger charge is 2.29. The lowest BCUT2D eigenvalue weighted by Crippen LogP contribution is -2.28. The lowest BCUT2D eigenvalue weighted by Gasteiger charge is -2.06. The number of amides is 1. The zero-order valence-corrected chi connectivity index (χ0v) is 11.1. The summed E-state index contributed by atoms with van der Waals surface area (Å²) in [5, 5.41) is 0. The average molecular weight is 308 g/mol. The van der Waals surface area contributed by atoms with Gasteiger partial charge in [0.15, 0.2) is 0 Å². The molecule has 0 bridgehead atoms. The minimum absolute atomic E-state index is 0.221. The van der Waals surface area contributed by atoms with Gasteiger partial charge in [0.05, 0.1) is 5.56 Å². The van der Waals surface area contributed by atoms with Crippen molar-refractivity contribution in [2.75, 3.05) is 5.43 Å². The number of hydrogen-bond acceptors (Lipinski definition) is 4. The molecule has 1 aromatic carbocycles. The Morgan fingerprint density at radius 3 is 2.32 bits per heavy atom. The number of hydrazine groups is 1. The van der Waals surface area contributed by atoms with Gasteiger partial charge in [-0.15, -0.1) is 0 Å². The molecule has 1 amide bonds. The molecule has 2 N–H and O–H groups in total. The van der Waals surface area contributed by atoms with Crippen LogP contribution >= 0.6 is 0 Å². The molecule has 0 aliphatic carbocycles. The first kappa shape index (κ1) is 15.5. The molecule has 2 rings (SSSR count). The van der Waals surface area contributed by atoms with E-state index in [1.165, 1.54) is 36.7 Å². The van der Waals surface area contributed by atoms with Crippen LogP contribution in [0.25, 0.3) is 6.08 Å². The topological polar surface area (TPSA) is 66.9 Å². The van der Waals surface area contributed by atoms with Crippen molar-refractivity contribution in [3.8, 4) is 0 Å². The van der Waals surface area contributed by atoms with Crippen molar-refractivity contribution in [1.29, 1.82) is 0 Å². The van der Waals surface area contributed by atoms with Crippen LogP contribution in [-0.4, -0.2) is 15.9 Å². The Kier molecular flexibility index (Phi) is 4.72. The maximum Gasteiger partial charge on any atom is 0.416 e. The third-order valence-corrected chi connectivity index (χ3v) is 2.53. The minimum Gasteiger partial charge on any atom is -0.268 e. The van der Waals surface area contributed by atoms with Gasteiger partial charge >= 0.3 is 6.18 Å². The lowest BCUT2D eigenvalue weighted by molar-refractivity contribution is -0.137. The fourth-order valence-electron chi connectivity index (χ4n) is 1.48. The summed E-state index contributed by atoms with van der Waals surface area (Å²) < 4.78 is 37.2. The molecule has 0 atom stereocenters. The first-order valence-electron chi connectivity index (χ1n) is 6.13. The van der Waals surface area contributed by atoms with E-state index in [1.807, 2.05) is 0 Å². The van der Waals surface area contributed by atoms with Crippen LogP contribution in [0.3, 0.4) is 0 Å². The number of hydrogen-bond donors (Lipinski definition) is 2. The second-order valence-corrected chi connectivity index (χ2v) is 4.14. The number of benzene rings is 1. The molecule has 1 aromatic heterocycles. The number of nitrogens with zero attached hydrogens (tertiary/aromatic N) is 2. The fourth-order valence-corrected chi connectivity index (χ4v) is 1.48. The number of nitrogens with one attached hydrogen (secondary N) is 2. The van der Waals surface area contributed by atoms with Crippen molar-refractivity contribution >= 4 is 17.9 Å². The van der Waals surface area contributed by atoms with E-state index in [-0.39, 0.29) is 5.95 Å². The van der Waals surface area contributed by atoms with Gasteiger partial charge in [0.2, 0.25) is 5.95 Å². The second kappa shape index (κ2) is 6.70. The normalized spacial score (nSPS) is 11.4. The molecular weight excluding hydrogens is 297 g/mol. The first-order valence-corrected chi connectivity index (χ1v) is 6.13. The van der Waals surface area contributed by atoms with Gasteiger partial charge in [-0.3, -0.25) is 15.6 Å². The van der Waals surface area contributed by atoms with Gasteiger partial charge in [-0.25, -0.2) is 9.97 Å². The summed E-state index contributed by atoms with van der Waals surface area (Å²) in [5.41, 5.74) is 4.54. The highest BCUT2D eigenvalue weighted by molar-refractivity contribution is 5.92. The summed E-state index contributed by atoms with van der Waals surface area (Å²) >= 11 is 0. The predicted octanol–water partition coefficient (Wildman–Crippen LogP) is 2.65. The smallest absolute Gasteiger partial charge is 0.268 e. The quantitative estimate of drug-likeness (QED) is 0.673. The van der Waals surface area contributed by atoms with E-state index in [9.17, 15) is 18.0 Å². The third kappa shape index (κ3) is 4.58. The minimum atomic E-state index is -4.38. The van der Waals surface area contributed by atoms with E-state index in [0.29, 0.717) is 5.56 Å². The number of carbonyl (C=O) groups is 1. The van der Waals surface area contributed by atoms with E-state index < -0.39 is 17.6 Å². The molecule has 5 nitrogen and oxygen atoms in total. The summed E-state index contributed by atoms with van der Waals surface area (Å²) in [6.07, 6.45) is 1.19. The van der Waals surface area contributed by atoms with Crippen molar-refractivity contribution in [2.24, 2.45) is 0 Å². The number of halogens is 3. The summed E-state index contributed by atoms with van der Waals surface area (Å²) in [6.45, 7) is 0. The van der Waals surface area contributed by atoms with E-state index in [0.717, 1.165) is 12.1 Å². The zero-order valence-electron chi connectivity index (χ0n) is 11.1. The Balaban J connectivity index is 1.90. The monoisotopic (exact) mass is 308 g/mol. The SMILES string of the molecule is O=C(C=Cc1ccc(C(F)(F)F)cc1)NNc1ncccn1. The van der Waals surface area contributed by atoms with Crippen molar-refractivity contribution in [2.45, 2.75) is 6.18 Å². The van der Waals surface area contributed by atoms with Crippen molar-refractivity contribution in [3.63, 3.8) is 0 Å². The number of aromatic nitrogens is 2. The Morgan fingerprint density at radius 2 is 1.73 bits per heavy atom. The van der Waals surface area contributed by atoms with Gasteiger partial charge in [0, 0.05) is 18.5 Å². The summed E-state index contributed by atoms with van der Waals surface area (Å²) in [7, 11) is 0. The molecule has 22 heavy (non-hydrogen) atoms. The van der Waals surface area contributed by atoms with Crippen LogP contribution in [0.15, 0.2) is 48.8 Å². The van der Waals surface area contributed by atoms with Crippen LogP contribution in [0, 0.1) is 0 Å². The molecule has 1 heterocycles. The second-order valence-electron chi connectivity index (χ2n) is 4.14. The van der Waals surface area contributed by atoms with Gasteiger partial charge in [0.1, 0.15) is 0 Å². The molecule has 8 heteroatoms. The highest BCUT2D eigenvalue weighted by Crippen LogP contribution is 2.29. The highest BCUT2D eigenvalue weighted by atomic mass is 19.4. The van der Waals surface area contributed by atoms with E-state index in [1.54, 1.807) is 6.07 Å². The molecule has 0 aliphatic rings. The third-order valence-electron chi connectivity index (χ3n) is 2.53. The Morgan fingerprint density at radius 1 is 1.09 bits per heavy atom. The maximum atomic E-state index is 12.4. The number of carbonyl (C=O) groups excluding carboxylic acids is 1. The molecule has 114 valence electrons. The predicted molar refractivity (Wildman–Crippen MR) is 74.3 cm³/mol. The number of rotatable bonds is 4. The van der Waals surface area contributed by atoms with Gasteiger partial charge in [0.25, 0.3) is 5.91 Å². The van der Waals surface area contributed by atoms with Gasteiger partial charge in [-0.05, 0) is 29.8 Å². The van der Waals surface area contributed by atoms with E-state index >= 15 is 0 Å². The van der Waals surface area contributed by atoms with Crippen LogP contribution in [0.5, 0.6) is 0 Å². The van der Waals surface area contributed by atoms with Gasteiger partial charge in [-0.1, -0.05) is 12.1 Å². The molecule has 0 unspecified atom stereocenters. The van der Waals surface area contributed by atoms with Gasteiger partial charge < -0.3 is 0 Å².